The molecular formula is C11H6F4N2O. The summed E-state index contributed by atoms with van der Waals surface area (Å²) in [6.45, 7) is 1.23. The second kappa shape index (κ2) is 4.25. The molecule has 0 radical (unpaired) electrons. The lowest BCUT2D eigenvalue weighted by molar-refractivity contribution is 0.447. The van der Waals surface area contributed by atoms with Crippen molar-refractivity contribution in [2.75, 3.05) is 0 Å². The van der Waals surface area contributed by atoms with Crippen molar-refractivity contribution in [3.8, 4) is 11.4 Å². The zero-order valence-electron chi connectivity index (χ0n) is 9.02. The Labute approximate surface area is 98.1 Å². The fourth-order valence-corrected chi connectivity index (χ4v) is 1.40. The second-order valence-electron chi connectivity index (χ2n) is 3.57. The molecule has 7 heteroatoms. The number of hydrogen-bond donors (Lipinski definition) is 1. The zero-order valence-corrected chi connectivity index (χ0v) is 9.02. The maximum absolute atomic E-state index is 13.0. The average molecular weight is 258 g/mol. The number of halogens is 4. The normalized spacial score (nSPS) is 10.7. The largest absolute Gasteiger partial charge is 0.304 e. The van der Waals surface area contributed by atoms with Crippen LogP contribution in [0.2, 0.25) is 0 Å². The van der Waals surface area contributed by atoms with Crippen molar-refractivity contribution in [1.29, 1.82) is 0 Å². The van der Waals surface area contributed by atoms with Crippen LogP contribution in [-0.4, -0.2) is 9.97 Å². The number of aromatic nitrogens is 2. The number of hydrogen-bond acceptors (Lipinski definition) is 2. The van der Waals surface area contributed by atoms with Gasteiger partial charge in [0.15, 0.2) is 17.5 Å². The smallest absolute Gasteiger partial charge is 0.287 e. The zero-order chi connectivity index (χ0) is 13.4. The Morgan fingerprint density at radius 3 is 2.11 bits per heavy atom. The van der Waals surface area contributed by atoms with Crippen LogP contribution in [0.4, 0.5) is 17.6 Å². The summed E-state index contributed by atoms with van der Waals surface area (Å²) < 4.78 is 51.8. The minimum absolute atomic E-state index is 0.188. The topological polar surface area (TPSA) is 45.8 Å². The van der Waals surface area contributed by atoms with E-state index in [1.165, 1.54) is 6.92 Å². The van der Waals surface area contributed by atoms with Gasteiger partial charge in [-0.05, 0) is 19.1 Å². The van der Waals surface area contributed by atoms with Crippen LogP contribution < -0.4 is 5.56 Å². The monoisotopic (exact) mass is 258 g/mol. The van der Waals surface area contributed by atoms with Crippen LogP contribution in [-0.2, 0) is 0 Å². The average Bonchev–Trinajstić information content (AvgIpc) is 2.31. The van der Waals surface area contributed by atoms with Crippen molar-refractivity contribution in [3.63, 3.8) is 0 Å². The van der Waals surface area contributed by atoms with E-state index in [-0.39, 0.29) is 17.1 Å². The fraction of sp³-hybridized carbons (Fsp3) is 0.0909. The molecule has 0 spiro atoms. The van der Waals surface area contributed by atoms with E-state index in [1.807, 2.05) is 4.98 Å². The van der Waals surface area contributed by atoms with Crippen molar-refractivity contribution in [2.45, 2.75) is 6.92 Å². The molecule has 1 N–H and O–H groups in total. The number of H-pyrrole nitrogens is 1. The Bertz CT molecular complexity index is 658. The van der Waals surface area contributed by atoms with Gasteiger partial charge in [0.1, 0.15) is 5.82 Å². The van der Waals surface area contributed by atoms with E-state index in [2.05, 4.69) is 4.98 Å². The number of aryl methyl sites for hydroxylation is 1. The minimum Gasteiger partial charge on any atom is -0.304 e. The van der Waals surface area contributed by atoms with Crippen LogP contribution in [0, 0.1) is 30.2 Å². The van der Waals surface area contributed by atoms with E-state index < -0.39 is 28.8 Å². The second-order valence-corrected chi connectivity index (χ2v) is 3.57. The molecule has 2 rings (SSSR count). The molecule has 0 saturated carbocycles. The molecular weight excluding hydrogens is 252 g/mol. The van der Waals surface area contributed by atoms with E-state index >= 15 is 0 Å². The van der Waals surface area contributed by atoms with E-state index in [4.69, 9.17) is 0 Å². The first-order chi connectivity index (χ1) is 8.40. The molecule has 2 aromatic rings. The van der Waals surface area contributed by atoms with Gasteiger partial charge in [-0.15, -0.1) is 0 Å². The molecule has 0 aliphatic rings. The highest BCUT2D eigenvalue weighted by atomic mass is 19.2. The first-order valence-corrected chi connectivity index (χ1v) is 4.81. The summed E-state index contributed by atoms with van der Waals surface area (Å²) in [6.07, 6.45) is 0. The van der Waals surface area contributed by atoms with E-state index in [1.54, 1.807) is 0 Å². The maximum atomic E-state index is 13.0. The lowest BCUT2D eigenvalue weighted by Crippen LogP contribution is -2.15. The van der Waals surface area contributed by atoms with Gasteiger partial charge in [0, 0.05) is 5.56 Å². The summed E-state index contributed by atoms with van der Waals surface area (Å²) in [5.41, 5.74) is -1.48. The Kier molecular flexibility index (Phi) is 2.90. The molecule has 0 aliphatic heterocycles. The third-order valence-corrected chi connectivity index (χ3v) is 2.29. The van der Waals surface area contributed by atoms with E-state index in [9.17, 15) is 22.4 Å². The third kappa shape index (κ3) is 1.99. The standard InChI is InChI=1S/C11H6F4N2O/c1-4-8(14)11(18)17-10(16-4)5-2-6(12)9(15)7(13)3-5/h2-3H,1H3,(H,16,17,18). The molecule has 0 aliphatic carbocycles. The van der Waals surface area contributed by atoms with Crippen molar-refractivity contribution in [3.05, 3.63) is 51.4 Å². The summed E-state index contributed by atoms with van der Waals surface area (Å²) in [6, 6.07) is 1.32. The molecule has 0 saturated heterocycles. The van der Waals surface area contributed by atoms with Gasteiger partial charge in [-0.3, -0.25) is 4.79 Å². The highest BCUT2D eigenvalue weighted by Crippen LogP contribution is 2.20. The number of aromatic amines is 1. The lowest BCUT2D eigenvalue weighted by atomic mass is 10.2. The molecule has 0 bridgehead atoms. The number of nitrogens with zero attached hydrogens (tertiary/aromatic N) is 1. The predicted molar refractivity (Wildman–Crippen MR) is 54.9 cm³/mol. The molecule has 3 nitrogen and oxygen atoms in total. The Morgan fingerprint density at radius 1 is 1.06 bits per heavy atom. The van der Waals surface area contributed by atoms with Gasteiger partial charge in [0.2, 0.25) is 5.82 Å². The van der Waals surface area contributed by atoms with Crippen molar-refractivity contribution in [1.82, 2.24) is 9.97 Å². The first kappa shape index (κ1) is 12.3. The van der Waals surface area contributed by atoms with Crippen LogP contribution >= 0.6 is 0 Å². The Morgan fingerprint density at radius 2 is 1.61 bits per heavy atom. The molecule has 0 fully saturated rings. The maximum Gasteiger partial charge on any atom is 0.287 e. The van der Waals surface area contributed by atoms with Gasteiger partial charge < -0.3 is 4.98 Å². The number of rotatable bonds is 1. The van der Waals surface area contributed by atoms with Crippen molar-refractivity contribution < 1.29 is 17.6 Å². The molecule has 0 amide bonds. The minimum atomic E-state index is -1.63. The first-order valence-electron chi connectivity index (χ1n) is 4.81. The van der Waals surface area contributed by atoms with Gasteiger partial charge in [-0.25, -0.2) is 18.2 Å². The summed E-state index contributed by atoms with van der Waals surface area (Å²) in [5, 5.41) is 0. The fourth-order valence-electron chi connectivity index (χ4n) is 1.40. The van der Waals surface area contributed by atoms with E-state index in [0.29, 0.717) is 12.1 Å². The Balaban J connectivity index is 2.66. The predicted octanol–water partition coefficient (Wildman–Crippen LogP) is 2.30. The van der Waals surface area contributed by atoms with Gasteiger partial charge in [0.25, 0.3) is 5.56 Å². The van der Waals surface area contributed by atoms with Crippen LogP contribution in [0.15, 0.2) is 16.9 Å². The molecule has 1 aromatic carbocycles. The van der Waals surface area contributed by atoms with Crippen molar-refractivity contribution in [2.24, 2.45) is 0 Å². The number of nitrogens with one attached hydrogen (secondary N) is 1. The SMILES string of the molecule is Cc1nc(-c2cc(F)c(F)c(F)c2)[nH]c(=O)c1F. The van der Waals surface area contributed by atoms with E-state index in [0.717, 1.165) is 0 Å². The molecule has 0 atom stereocenters. The summed E-state index contributed by atoms with van der Waals surface area (Å²) >= 11 is 0. The molecule has 0 unspecified atom stereocenters. The Hall–Kier alpha value is -2.18. The highest BCUT2D eigenvalue weighted by Gasteiger charge is 2.14. The molecule has 1 aromatic heterocycles. The number of benzene rings is 1. The molecule has 18 heavy (non-hydrogen) atoms. The summed E-state index contributed by atoms with van der Waals surface area (Å²) in [7, 11) is 0. The lowest BCUT2D eigenvalue weighted by Gasteiger charge is -2.04. The quantitative estimate of drug-likeness (QED) is 0.630. The van der Waals surface area contributed by atoms with Crippen LogP contribution in [0.25, 0.3) is 11.4 Å². The van der Waals surface area contributed by atoms with Crippen LogP contribution in [0.3, 0.4) is 0 Å². The third-order valence-electron chi connectivity index (χ3n) is 2.29. The van der Waals surface area contributed by atoms with Crippen LogP contribution in [0.5, 0.6) is 0 Å². The van der Waals surface area contributed by atoms with Crippen molar-refractivity contribution >= 4 is 0 Å². The van der Waals surface area contributed by atoms with Gasteiger partial charge in [-0.1, -0.05) is 0 Å². The van der Waals surface area contributed by atoms with Gasteiger partial charge >= 0.3 is 0 Å². The molecule has 1 heterocycles. The van der Waals surface area contributed by atoms with Gasteiger partial charge in [-0.2, -0.15) is 4.39 Å². The summed E-state index contributed by atoms with van der Waals surface area (Å²) in [5.74, 6) is -5.79. The van der Waals surface area contributed by atoms with Crippen LogP contribution in [0.1, 0.15) is 5.69 Å². The summed E-state index contributed by atoms with van der Waals surface area (Å²) in [4.78, 5) is 16.8. The van der Waals surface area contributed by atoms with Gasteiger partial charge in [0.05, 0.1) is 5.69 Å². The molecule has 94 valence electrons. The highest BCUT2D eigenvalue weighted by molar-refractivity contribution is 5.55.